The Bertz CT molecular complexity index is 575. The van der Waals surface area contributed by atoms with Gasteiger partial charge in [-0.15, -0.1) is 0 Å². The van der Waals surface area contributed by atoms with Crippen LogP contribution >= 0.6 is 0 Å². The Balaban J connectivity index is 3.51. The van der Waals surface area contributed by atoms with Gasteiger partial charge >= 0.3 is 0 Å². The third-order valence-electron chi connectivity index (χ3n) is 2.25. The van der Waals surface area contributed by atoms with Gasteiger partial charge in [-0.3, -0.25) is 9.35 Å². The molecule has 0 fully saturated rings. The van der Waals surface area contributed by atoms with Gasteiger partial charge in [0, 0.05) is 0 Å². The highest BCUT2D eigenvalue weighted by molar-refractivity contribution is 7.86. The lowest BCUT2D eigenvalue weighted by molar-refractivity contribution is -0.111. The Kier molecular flexibility index (Phi) is 3.69. The van der Waals surface area contributed by atoms with E-state index < -0.39 is 16.0 Å². The summed E-state index contributed by atoms with van der Waals surface area (Å²) < 4.78 is 31.7. The summed E-state index contributed by atoms with van der Waals surface area (Å²) in [5.74, 6) is -0.538. The number of aryl methyl sites for hydroxylation is 2. The molecular weight excluding hydrogens is 242 g/mol. The standard InChI is InChI=1S/C11H13NO4S/c1-4-9(13)12-10-7(2)5-6-8(3)11(10)17(14,15)16/h4-6H,1H2,2-3H3,(H,12,13)(H,14,15,16). The fraction of sp³-hybridized carbons (Fsp3) is 0.182. The summed E-state index contributed by atoms with van der Waals surface area (Å²) in [7, 11) is -4.39. The van der Waals surface area contributed by atoms with Gasteiger partial charge in [0.25, 0.3) is 10.1 Å². The van der Waals surface area contributed by atoms with E-state index >= 15 is 0 Å². The first-order valence-electron chi connectivity index (χ1n) is 4.78. The first-order valence-corrected chi connectivity index (χ1v) is 6.22. The van der Waals surface area contributed by atoms with E-state index in [-0.39, 0.29) is 10.6 Å². The fourth-order valence-corrected chi connectivity index (χ4v) is 2.39. The van der Waals surface area contributed by atoms with E-state index in [1.807, 2.05) is 0 Å². The average Bonchev–Trinajstić information content (AvgIpc) is 2.21. The minimum absolute atomic E-state index is 0.0809. The van der Waals surface area contributed by atoms with Crippen molar-refractivity contribution in [2.75, 3.05) is 5.32 Å². The predicted molar refractivity (Wildman–Crippen MR) is 64.6 cm³/mol. The number of anilines is 1. The molecule has 6 heteroatoms. The zero-order chi connectivity index (χ0) is 13.2. The molecule has 0 aromatic heterocycles. The Morgan fingerprint density at radius 3 is 2.35 bits per heavy atom. The molecule has 0 saturated carbocycles. The molecule has 0 aliphatic carbocycles. The predicted octanol–water partition coefficient (Wildman–Crippen LogP) is 1.67. The minimum atomic E-state index is -4.39. The van der Waals surface area contributed by atoms with Crippen molar-refractivity contribution in [1.29, 1.82) is 0 Å². The summed E-state index contributed by atoms with van der Waals surface area (Å²) in [4.78, 5) is 10.9. The van der Waals surface area contributed by atoms with E-state index in [1.54, 1.807) is 19.1 Å². The van der Waals surface area contributed by atoms with Crippen molar-refractivity contribution in [2.45, 2.75) is 18.7 Å². The van der Waals surface area contributed by atoms with E-state index in [0.29, 0.717) is 11.1 Å². The van der Waals surface area contributed by atoms with Crippen LogP contribution in [0.3, 0.4) is 0 Å². The van der Waals surface area contributed by atoms with Crippen LogP contribution in [0.2, 0.25) is 0 Å². The zero-order valence-corrected chi connectivity index (χ0v) is 10.3. The molecule has 0 saturated heterocycles. The Labute approximate surface area is 99.9 Å². The highest BCUT2D eigenvalue weighted by Gasteiger charge is 2.21. The summed E-state index contributed by atoms with van der Waals surface area (Å²) in [6, 6.07) is 3.21. The van der Waals surface area contributed by atoms with Gasteiger partial charge in [0.2, 0.25) is 5.91 Å². The lowest BCUT2D eigenvalue weighted by Gasteiger charge is -2.13. The zero-order valence-electron chi connectivity index (χ0n) is 9.52. The first-order chi connectivity index (χ1) is 7.77. The number of nitrogens with one attached hydrogen (secondary N) is 1. The van der Waals surface area contributed by atoms with Gasteiger partial charge in [-0.1, -0.05) is 18.7 Å². The van der Waals surface area contributed by atoms with Gasteiger partial charge in [0.05, 0.1) is 5.69 Å². The van der Waals surface area contributed by atoms with Crippen LogP contribution < -0.4 is 5.32 Å². The van der Waals surface area contributed by atoms with E-state index in [9.17, 15) is 13.2 Å². The van der Waals surface area contributed by atoms with Crippen molar-refractivity contribution in [3.63, 3.8) is 0 Å². The van der Waals surface area contributed by atoms with Gasteiger partial charge in [0.1, 0.15) is 4.90 Å². The number of hydrogen-bond acceptors (Lipinski definition) is 3. The van der Waals surface area contributed by atoms with Crippen LogP contribution in [-0.4, -0.2) is 18.9 Å². The quantitative estimate of drug-likeness (QED) is 0.635. The largest absolute Gasteiger partial charge is 0.321 e. The summed E-state index contributed by atoms with van der Waals surface area (Å²) in [6.07, 6.45) is 1.02. The Hall–Kier alpha value is -1.66. The molecule has 0 unspecified atom stereocenters. The van der Waals surface area contributed by atoms with Crippen molar-refractivity contribution in [1.82, 2.24) is 0 Å². The summed E-state index contributed by atoms with van der Waals surface area (Å²) in [6.45, 7) is 6.44. The average molecular weight is 255 g/mol. The molecule has 1 aromatic carbocycles. The number of benzene rings is 1. The highest BCUT2D eigenvalue weighted by atomic mass is 32.2. The number of carbonyl (C=O) groups excluding carboxylic acids is 1. The normalized spacial score (nSPS) is 11.0. The van der Waals surface area contributed by atoms with Crippen LogP contribution in [0.4, 0.5) is 5.69 Å². The number of carbonyl (C=O) groups is 1. The van der Waals surface area contributed by atoms with Crippen LogP contribution in [0.1, 0.15) is 11.1 Å². The molecule has 2 N–H and O–H groups in total. The fourth-order valence-electron chi connectivity index (χ4n) is 1.45. The van der Waals surface area contributed by atoms with E-state index in [1.165, 1.54) is 6.92 Å². The molecule has 0 heterocycles. The van der Waals surface area contributed by atoms with Crippen molar-refractivity contribution in [2.24, 2.45) is 0 Å². The maximum atomic E-state index is 11.3. The molecule has 0 spiro atoms. The maximum absolute atomic E-state index is 11.3. The van der Waals surface area contributed by atoms with Crippen LogP contribution in [0.15, 0.2) is 29.7 Å². The molecule has 0 atom stereocenters. The topological polar surface area (TPSA) is 83.5 Å². The first kappa shape index (κ1) is 13.4. The molecule has 92 valence electrons. The van der Waals surface area contributed by atoms with Crippen LogP contribution in [0.5, 0.6) is 0 Å². The van der Waals surface area contributed by atoms with E-state index in [4.69, 9.17) is 4.55 Å². The van der Waals surface area contributed by atoms with Crippen molar-refractivity contribution >= 4 is 21.7 Å². The van der Waals surface area contributed by atoms with E-state index in [0.717, 1.165) is 6.08 Å². The van der Waals surface area contributed by atoms with Crippen molar-refractivity contribution < 1.29 is 17.8 Å². The minimum Gasteiger partial charge on any atom is -0.321 e. The smallest absolute Gasteiger partial charge is 0.296 e. The van der Waals surface area contributed by atoms with Crippen LogP contribution in [-0.2, 0) is 14.9 Å². The number of amides is 1. The van der Waals surface area contributed by atoms with Crippen molar-refractivity contribution in [3.05, 3.63) is 35.9 Å². The second-order valence-electron chi connectivity index (χ2n) is 3.57. The maximum Gasteiger partial charge on any atom is 0.296 e. The summed E-state index contributed by atoms with van der Waals surface area (Å²) in [5.41, 5.74) is 0.980. The highest BCUT2D eigenvalue weighted by Crippen LogP contribution is 2.28. The molecule has 0 bridgehead atoms. The Morgan fingerprint density at radius 2 is 1.88 bits per heavy atom. The van der Waals surface area contributed by atoms with Gasteiger partial charge in [-0.05, 0) is 31.1 Å². The molecule has 1 aromatic rings. The third kappa shape index (κ3) is 2.92. The molecule has 1 amide bonds. The van der Waals surface area contributed by atoms with Gasteiger partial charge in [0.15, 0.2) is 0 Å². The molecule has 17 heavy (non-hydrogen) atoms. The monoisotopic (exact) mass is 255 g/mol. The van der Waals surface area contributed by atoms with Gasteiger partial charge < -0.3 is 5.32 Å². The second kappa shape index (κ2) is 4.68. The molecule has 0 aliphatic heterocycles. The summed E-state index contributed by atoms with van der Waals surface area (Å²) in [5, 5.41) is 2.38. The van der Waals surface area contributed by atoms with E-state index in [2.05, 4.69) is 11.9 Å². The Morgan fingerprint density at radius 1 is 1.35 bits per heavy atom. The van der Waals surface area contributed by atoms with Crippen LogP contribution in [0, 0.1) is 13.8 Å². The molecule has 5 nitrogen and oxygen atoms in total. The van der Waals surface area contributed by atoms with Gasteiger partial charge in [-0.2, -0.15) is 8.42 Å². The number of hydrogen-bond donors (Lipinski definition) is 2. The van der Waals surface area contributed by atoms with Gasteiger partial charge in [-0.25, -0.2) is 0 Å². The lowest BCUT2D eigenvalue weighted by Crippen LogP contribution is -2.14. The molecule has 1 rings (SSSR count). The molecular formula is C11H13NO4S. The number of rotatable bonds is 3. The SMILES string of the molecule is C=CC(=O)Nc1c(C)ccc(C)c1S(=O)(=O)O. The van der Waals surface area contributed by atoms with Crippen LogP contribution in [0.25, 0.3) is 0 Å². The molecule has 0 radical (unpaired) electrons. The second-order valence-corrected chi connectivity index (χ2v) is 4.93. The summed E-state index contributed by atoms with van der Waals surface area (Å²) >= 11 is 0. The molecule has 0 aliphatic rings. The third-order valence-corrected chi connectivity index (χ3v) is 3.30. The van der Waals surface area contributed by atoms with Crippen molar-refractivity contribution in [3.8, 4) is 0 Å². The lowest BCUT2D eigenvalue weighted by atomic mass is 10.1.